The molecule has 2 N–H and O–H groups in total. The van der Waals surface area contributed by atoms with Crippen LogP contribution < -0.4 is 10.6 Å². The fourth-order valence-electron chi connectivity index (χ4n) is 3.78. The Morgan fingerprint density at radius 2 is 1.71 bits per heavy atom. The number of nitrogens with zero attached hydrogens (tertiary/aromatic N) is 1. The van der Waals surface area contributed by atoms with Crippen molar-refractivity contribution in [3.8, 4) is 0 Å². The summed E-state index contributed by atoms with van der Waals surface area (Å²) in [5, 5.41) is 5.49. The Hall–Kier alpha value is -3.36. The van der Waals surface area contributed by atoms with Crippen LogP contribution in [0, 0.1) is 5.92 Å². The highest BCUT2D eigenvalue weighted by Gasteiger charge is 2.37. The molecule has 1 aromatic carbocycles. The average molecular weight is 532 g/mol. The summed E-state index contributed by atoms with van der Waals surface area (Å²) in [4.78, 5) is 53.3. The molecular weight excluding hydrogens is 486 g/mol. The minimum atomic E-state index is -1.01. The Kier molecular flexibility index (Phi) is 13.6. The molecule has 0 saturated carbocycles. The molecule has 0 saturated heterocycles. The third-order valence-corrected chi connectivity index (χ3v) is 5.96. The maximum atomic E-state index is 14.0. The Morgan fingerprint density at radius 3 is 2.21 bits per heavy atom. The number of rotatable bonds is 14. The SMILES string of the molecule is C=CCN(C(=O)C(NC(=O)OC(C)(C)C)C(C)CC)C(C(=O)NCCC(=O)OCC)c1ccc(CC)cc1. The van der Waals surface area contributed by atoms with Gasteiger partial charge in [0.15, 0.2) is 0 Å². The Bertz CT molecular complexity index is 939. The highest BCUT2D eigenvalue weighted by Crippen LogP contribution is 2.25. The van der Waals surface area contributed by atoms with Gasteiger partial charge >= 0.3 is 12.1 Å². The van der Waals surface area contributed by atoms with Gasteiger partial charge in [0.1, 0.15) is 17.7 Å². The molecule has 3 atom stereocenters. The zero-order valence-electron chi connectivity index (χ0n) is 24.0. The van der Waals surface area contributed by atoms with Crippen LogP contribution in [-0.2, 0) is 30.3 Å². The van der Waals surface area contributed by atoms with Crippen molar-refractivity contribution >= 4 is 23.9 Å². The molecule has 1 rings (SSSR count). The smallest absolute Gasteiger partial charge is 0.408 e. The van der Waals surface area contributed by atoms with Crippen LogP contribution >= 0.6 is 0 Å². The second-order valence-electron chi connectivity index (χ2n) is 10.1. The molecule has 0 heterocycles. The normalized spacial score (nSPS) is 13.4. The van der Waals surface area contributed by atoms with Gasteiger partial charge in [-0.25, -0.2) is 4.79 Å². The molecule has 3 unspecified atom stereocenters. The molecule has 3 amide bonds. The summed E-state index contributed by atoms with van der Waals surface area (Å²) in [5.41, 5.74) is 0.947. The van der Waals surface area contributed by atoms with E-state index in [0.29, 0.717) is 12.0 Å². The van der Waals surface area contributed by atoms with Gasteiger partial charge in [0.25, 0.3) is 0 Å². The highest BCUT2D eigenvalue weighted by molar-refractivity contribution is 5.92. The summed E-state index contributed by atoms with van der Waals surface area (Å²) >= 11 is 0. The average Bonchev–Trinajstić information content (AvgIpc) is 2.85. The van der Waals surface area contributed by atoms with Gasteiger partial charge in [-0.3, -0.25) is 14.4 Å². The lowest BCUT2D eigenvalue weighted by atomic mass is 9.95. The minimum absolute atomic E-state index is 0.00612. The van der Waals surface area contributed by atoms with E-state index in [9.17, 15) is 19.2 Å². The molecule has 0 spiro atoms. The number of carbonyl (C=O) groups is 4. The van der Waals surface area contributed by atoms with Gasteiger partial charge in [-0.05, 0) is 51.2 Å². The summed E-state index contributed by atoms with van der Waals surface area (Å²) in [6.07, 6.45) is 2.26. The number of nitrogens with one attached hydrogen (secondary N) is 2. The van der Waals surface area contributed by atoms with Crippen molar-refractivity contribution in [1.82, 2.24) is 15.5 Å². The Morgan fingerprint density at radius 1 is 1.08 bits per heavy atom. The van der Waals surface area contributed by atoms with E-state index in [-0.39, 0.29) is 32.0 Å². The molecule has 1 aromatic rings. The van der Waals surface area contributed by atoms with Crippen molar-refractivity contribution in [1.29, 1.82) is 0 Å². The number of carbonyl (C=O) groups excluding carboxylic acids is 4. The van der Waals surface area contributed by atoms with Crippen molar-refractivity contribution < 1.29 is 28.7 Å². The topological polar surface area (TPSA) is 114 Å². The monoisotopic (exact) mass is 531 g/mol. The van der Waals surface area contributed by atoms with E-state index in [1.807, 2.05) is 45.0 Å². The third kappa shape index (κ3) is 10.6. The number of hydrogen-bond acceptors (Lipinski definition) is 6. The van der Waals surface area contributed by atoms with Crippen molar-refractivity contribution in [2.75, 3.05) is 19.7 Å². The summed E-state index contributed by atoms with van der Waals surface area (Å²) in [7, 11) is 0. The number of amides is 3. The lowest BCUT2D eigenvalue weighted by Crippen LogP contribution is -2.55. The molecule has 0 fully saturated rings. The Labute approximate surface area is 227 Å². The van der Waals surface area contributed by atoms with Crippen LogP contribution in [0.3, 0.4) is 0 Å². The standard InChI is InChI=1S/C29H45N3O6/c1-9-19-32(27(35)24(20(5)10-2)31-28(36)38-29(6,7)8)25(22-15-13-21(11-3)14-16-22)26(34)30-18-17-23(33)37-12-4/h9,13-16,20,24-25H,1,10-12,17-19H2,2-8H3,(H,30,34)(H,31,36). The summed E-state index contributed by atoms with van der Waals surface area (Å²) in [6, 6.07) is 5.51. The van der Waals surface area contributed by atoms with Gasteiger partial charge in [-0.1, -0.05) is 57.5 Å². The van der Waals surface area contributed by atoms with Crippen molar-refractivity contribution in [3.63, 3.8) is 0 Å². The van der Waals surface area contributed by atoms with E-state index in [4.69, 9.17) is 9.47 Å². The van der Waals surface area contributed by atoms with E-state index >= 15 is 0 Å². The molecule has 0 aliphatic heterocycles. The van der Waals surface area contributed by atoms with Crippen LogP contribution in [0.1, 0.15) is 78.5 Å². The van der Waals surface area contributed by atoms with Gasteiger partial charge in [-0.2, -0.15) is 0 Å². The quantitative estimate of drug-likeness (QED) is 0.273. The number of ether oxygens (including phenoxy) is 2. The largest absolute Gasteiger partial charge is 0.466 e. The van der Waals surface area contributed by atoms with Crippen LogP contribution in [0.5, 0.6) is 0 Å². The van der Waals surface area contributed by atoms with Crippen molar-refractivity contribution in [2.24, 2.45) is 5.92 Å². The van der Waals surface area contributed by atoms with E-state index in [1.165, 1.54) is 4.90 Å². The first-order valence-corrected chi connectivity index (χ1v) is 13.3. The number of alkyl carbamates (subject to hydrolysis) is 1. The van der Waals surface area contributed by atoms with Crippen LogP contribution in [0.15, 0.2) is 36.9 Å². The molecule has 0 aromatic heterocycles. The highest BCUT2D eigenvalue weighted by atomic mass is 16.6. The molecule has 0 bridgehead atoms. The Balaban J connectivity index is 3.40. The second kappa shape index (κ2) is 15.8. The van der Waals surface area contributed by atoms with Gasteiger partial charge in [0, 0.05) is 13.1 Å². The minimum Gasteiger partial charge on any atom is -0.466 e. The molecule has 0 radical (unpaired) electrons. The van der Waals surface area contributed by atoms with Crippen molar-refractivity contribution in [3.05, 3.63) is 48.0 Å². The molecule has 0 aliphatic carbocycles. The molecule has 0 aliphatic rings. The molecular formula is C29H45N3O6. The zero-order valence-corrected chi connectivity index (χ0v) is 24.0. The number of esters is 1. The lowest BCUT2D eigenvalue weighted by Gasteiger charge is -2.35. The van der Waals surface area contributed by atoms with Gasteiger partial charge in [-0.15, -0.1) is 6.58 Å². The van der Waals surface area contributed by atoms with E-state index in [0.717, 1.165) is 12.0 Å². The summed E-state index contributed by atoms with van der Waals surface area (Å²) in [5.74, 6) is -1.55. The van der Waals surface area contributed by atoms with Crippen LogP contribution in [0.25, 0.3) is 0 Å². The van der Waals surface area contributed by atoms with E-state index in [2.05, 4.69) is 17.2 Å². The number of aryl methyl sites for hydroxylation is 1. The summed E-state index contributed by atoms with van der Waals surface area (Å²) < 4.78 is 10.3. The van der Waals surface area contributed by atoms with Gasteiger partial charge < -0.3 is 25.0 Å². The predicted octanol–water partition coefficient (Wildman–Crippen LogP) is 4.31. The third-order valence-electron chi connectivity index (χ3n) is 5.96. The maximum absolute atomic E-state index is 14.0. The zero-order chi connectivity index (χ0) is 28.9. The van der Waals surface area contributed by atoms with Crippen molar-refractivity contribution in [2.45, 2.75) is 85.4 Å². The predicted molar refractivity (Wildman–Crippen MR) is 147 cm³/mol. The van der Waals surface area contributed by atoms with Gasteiger partial charge in [0.05, 0.1) is 13.0 Å². The van der Waals surface area contributed by atoms with Gasteiger partial charge in [0.2, 0.25) is 11.8 Å². The summed E-state index contributed by atoms with van der Waals surface area (Å²) in [6.45, 7) is 16.9. The molecule has 9 nitrogen and oxygen atoms in total. The first-order chi connectivity index (χ1) is 17.9. The number of hydrogen-bond donors (Lipinski definition) is 2. The molecule has 9 heteroatoms. The fraction of sp³-hybridized carbons (Fsp3) is 0.586. The van der Waals surface area contributed by atoms with Crippen LogP contribution in [-0.4, -0.2) is 60.1 Å². The maximum Gasteiger partial charge on any atom is 0.408 e. The lowest BCUT2D eigenvalue weighted by molar-refractivity contribution is -0.144. The molecule has 38 heavy (non-hydrogen) atoms. The van der Waals surface area contributed by atoms with Crippen LogP contribution in [0.2, 0.25) is 0 Å². The second-order valence-corrected chi connectivity index (χ2v) is 10.1. The number of benzene rings is 1. The van der Waals surface area contributed by atoms with Crippen LogP contribution in [0.4, 0.5) is 4.79 Å². The first-order valence-electron chi connectivity index (χ1n) is 13.3. The fourth-order valence-corrected chi connectivity index (χ4v) is 3.78. The molecule has 212 valence electrons. The van der Waals surface area contributed by atoms with E-state index < -0.39 is 41.6 Å². The first kappa shape index (κ1) is 32.7. The van der Waals surface area contributed by atoms with E-state index in [1.54, 1.807) is 33.8 Å².